The zero-order valence-corrected chi connectivity index (χ0v) is 15.3. The minimum atomic E-state index is -4.16. The van der Waals surface area contributed by atoms with Crippen LogP contribution in [0.2, 0.25) is 0 Å². The molecule has 1 heterocycles. The molecule has 10 heteroatoms. The highest BCUT2D eigenvalue weighted by atomic mass is 32.2. The number of phenolic OH excluding ortho intramolecular Hbond substituents is 1. The first-order chi connectivity index (χ1) is 13.6. The summed E-state index contributed by atoms with van der Waals surface area (Å²) in [5, 5.41) is 25.1. The van der Waals surface area contributed by atoms with E-state index in [2.05, 4.69) is 0 Å². The normalized spacial score (nSPS) is 13.8. The summed E-state index contributed by atoms with van der Waals surface area (Å²) in [5.41, 5.74) is -0.337. The van der Waals surface area contributed by atoms with Crippen molar-refractivity contribution in [3.63, 3.8) is 0 Å². The van der Waals surface area contributed by atoms with Gasteiger partial charge >= 0.3 is 5.97 Å². The van der Waals surface area contributed by atoms with E-state index < -0.39 is 38.5 Å². The van der Waals surface area contributed by atoms with E-state index >= 15 is 0 Å². The Morgan fingerprint density at radius 1 is 0.966 bits per heavy atom. The van der Waals surface area contributed by atoms with Gasteiger partial charge in [0.2, 0.25) is 10.0 Å². The molecule has 0 saturated heterocycles. The largest absolute Gasteiger partial charge is 0.506 e. The number of carbonyl (C=O) groups is 3. The van der Waals surface area contributed by atoms with Crippen LogP contribution in [0.15, 0.2) is 53.4 Å². The van der Waals surface area contributed by atoms with Crippen molar-refractivity contribution in [3.05, 3.63) is 65.2 Å². The van der Waals surface area contributed by atoms with Crippen LogP contribution in [0.1, 0.15) is 31.1 Å². The summed E-state index contributed by atoms with van der Waals surface area (Å²) in [6.45, 7) is 0. The number of imide groups is 1. The molecule has 0 atom stereocenters. The Morgan fingerprint density at radius 3 is 2.24 bits per heavy atom. The van der Waals surface area contributed by atoms with E-state index in [9.17, 15) is 33.0 Å². The Morgan fingerprint density at radius 2 is 1.62 bits per heavy atom. The number of benzene rings is 3. The highest BCUT2D eigenvalue weighted by molar-refractivity contribution is 7.89. The van der Waals surface area contributed by atoms with Crippen LogP contribution >= 0.6 is 0 Å². The van der Waals surface area contributed by atoms with Gasteiger partial charge in [0.05, 0.1) is 16.1 Å². The second-order valence-electron chi connectivity index (χ2n) is 6.34. The van der Waals surface area contributed by atoms with Gasteiger partial charge in [-0.3, -0.25) is 9.59 Å². The molecule has 4 rings (SSSR count). The molecule has 4 N–H and O–H groups in total. The summed E-state index contributed by atoms with van der Waals surface area (Å²) in [6, 6.07) is 9.88. The molecule has 2 amide bonds. The lowest BCUT2D eigenvalue weighted by Crippen LogP contribution is -2.40. The average Bonchev–Trinajstić information content (AvgIpc) is 2.66. The van der Waals surface area contributed by atoms with Gasteiger partial charge in [0.1, 0.15) is 5.75 Å². The number of nitrogens with zero attached hydrogens (tertiary/aromatic N) is 1. The van der Waals surface area contributed by atoms with E-state index in [-0.39, 0.29) is 33.2 Å². The van der Waals surface area contributed by atoms with Crippen LogP contribution < -0.4 is 10.0 Å². The fourth-order valence-corrected chi connectivity index (χ4v) is 3.89. The second-order valence-corrected chi connectivity index (χ2v) is 7.90. The van der Waals surface area contributed by atoms with E-state index in [1.807, 2.05) is 0 Å². The Balaban J connectivity index is 1.99. The van der Waals surface area contributed by atoms with Crippen molar-refractivity contribution >= 4 is 44.3 Å². The number of hydrogen-bond donors (Lipinski definition) is 3. The summed E-state index contributed by atoms with van der Waals surface area (Å²) in [4.78, 5) is 37.9. The standard InChI is InChI=1S/C19H12N2O7S/c20-29(27,28)9-4-7-15(22)14(8-9)21-17(23)12-3-1-2-10-11(19(25)26)5-6-13(16(10)12)18(21)24/h1-8,22H,(H,25,26)(H2,20,27,28). The van der Waals surface area contributed by atoms with Crippen molar-refractivity contribution in [2.24, 2.45) is 5.14 Å². The van der Waals surface area contributed by atoms with Crippen LogP contribution in [-0.4, -0.2) is 36.4 Å². The minimum absolute atomic E-state index is 0.0422. The molecule has 0 radical (unpaired) electrons. The SMILES string of the molecule is NS(=O)(=O)c1ccc(O)c(N2C(=O)c3cccc4c(C(=O)O)ccc(c34)C2=O)c1. The van der Waals surface area contributed by atoms with Crippen LogP contribution in [0.5, 0.6) is 5.75 Å². The van der Waals surface area contributed by atoms with E-state index in [1.165, 1.54) is 30.3 Å². The first-order valence-electron chi connectivity index (χ1n) is 8.15. The number of carboxylic acids is 1. The predicted molar refractivity (Wildman–Crippen MR) is 102 cm³/mol. The minimum Gasteiger partial charge on any atom is -0.506 e. The van der Waals surface area contributed by atoms with Gasteiger partial charge in [-0.1, -0.05) is 12.1 Å². The van der Waals surface area contributed by atoms with Crippen molar-refractivity contribution in [2.75, 3.05) is 4.90 Å². The number of hydrogen-bond acceptors (Lipinski definition) is 6. The Bertz CT molecular complexity index is 1340. The van der Waals surface area contributed by atoms with Gasteiger partial charge in [0.15, 0.2) is 0 Å². The van der Waals surface area contributed by atoms with Crippen molar-refractivity contribution in [1.29, 1.82) is 0 Å². The van der Waals surface area contributed by atoms with Gasteiger partial charge in [-0.25, -0.2) is 23.3 Å². The van der Waals surface area contributed by atoms with Crippen molar-refractivity contribution < 1.29 is 33.0 Å². The Hall–Kier alpha value is -3.76. The van der Waals surface area contributed by atoms with Gasteiger partial charge in [-0.15, -0.1) is 0 Å². The topological polar surface area (TPSA) is 155 Å². The fourth-order valence-electron chi connectivity index (χ4n) is 3.36. The number of rotatable bonds is 3. The molecule has 146 valence electrons. The molecular formula is C19H12N2O7S. The van der Waals surface area contributed by atoms with Crippen LogP contribution in [0.25, 0.3) is 10.8 Å². The average molecular weight is 412 g/mol. The molecule has 0 bridgehead atoms. The quantitative estimate of drug-likeness (QED) is 0.553. The third kappa shape index (κ3) is 2.73. The number of primary sulfonamides is 1. The molecule has 0 saturated carbocycles. The molecule has 1 aliphatic rings. The number of anilines is 1. The zero-order valence-electron chi connectivity index (χ0n) is 14.5. The second kappa shape index (κ2) is 6.12. The van der Waals surface area contributed by atoms with Gasteiger partial charge in [0, 0.05) is 16.5 Å². The molecule has 3 aromatic carbocycles. The smallest absolute Gasteiger partial charge is 0.336 e. The molecule has 3 aromatic rings. The molecule has 1 aliphatic heterocycles. The number of carbonyl (C=O) groups excluding carboxylic acids is 2. The van der Waals surface area contributed by atoms with Crippen LogP contribution in [0.4, 0.5) is 5.69 Å². The van der Waals surface area contributed by atoms with Gasteiger partial charge < -0.3 is 10.2 Å². The lowest BCUT2D eigenvalue weighted by atomic mass is 9.91. The van der Waals surface area contributed by atoms with E-state index in [4.69, 9.17) is 5.14 Å². The summed E-state index contributed by atoms with van der Waals surface area (Å²) >= 11 is 0. The van der Waals surface area contributed by atoms with Crippen molar-refractivity contribution in [3.8, 4) is 5.75 Å². The van der Waals surface area contributed by atoms with Crippen LogP contribution in [0, 0.1) is 0 Å². The van der Waals surface area contributed by atoms with E-state index in [1.54, 1.807) is 0 Å². The maximum atomic E-state index is 13.1. The molecule has 0 fully saturated rings. The summed E-state index contributed by atoms with van der Waals surface area (Å²) < 4.78 is 23.3. The lowest BCUT2D eigenvalue weighted by molar-refractivity contribution is 0.0697. The van der Waals surface area contributed by atoms with Gasteiger partial charge in [-0.05, 0) is 41.8 Å². The van der Waals surface area contributed by atoms with Crippen LogP contribution in [0.3, 0.4) is 0 Å². The number of amides is 2. The Kier molecular flexibility index (Phi) is 3.93. The number of aromatic carboxylic acids is 1. The summed E-state index contributed by atoms with van der Waals surface area (Å²) in [6.07, 6.45) is 0. The number of phenols is 1. The van der Waals surface area contributed by atoms with E-state index in [0.717, 1.165) is 18.2 Å². The van der Waals surface area contributed by atoms with Crippen LogP contribution in [-0.2, 0) is 10.0 Å². The molecule has 9 nitrogen and oxygen atoms in total. The van der Waals surface area contributed by atoms with Gasteiger partial charge in [0.25, 0.3) is 11.8 Å². The first kappa shape index (κ1) is 18.6. The van der Waals surface area contributed by atoms with Gasteiger partial charge in [-0.2, -0.15) is 0 Å². The predicted octanol–water partition coefficient (Wildman–Crippen LogP) is 1.69. The highest BCUT2D eigenvalue weighted by Gasteiger charge is 2.36. The zero-order chi connectivity index (χ0) is 21.1. The summed E-state index contributed by atoms with van der Waals surface area (Å²) in [5.74, 6) is -3.39. The third-order valence-electron chi connectivity index (χ3n) is 4.65. The molecule has 0 aliphatic carbocycles. The fraction of sp³-hybridized carbons (Fsp3) is 0. The third-order valence-corrected chi connectivity index (χ3v) is 5.57. The monoisotopic (exact) mass is 412 g/mol. The molecule has 0 unspecified atom stereocenters. The number of carboxylic acid groups (broad SMARTS) is 1. The van der Waals surface area contributed by atoms with Crippen molar-refractivity contribution in [2.45, 2.75) is 4.90 Å². The highest BCUT2D eigenvalue weighted by Crippen LogP contribution is 2.38. The number of aromatic hydroxyl groups is 1. The first-order valence-corrected chi connectivity index (χ1v) is 9.69. The lowest BCUT2D eigenvalue weighted by Gasteiger charge is -2.28. The maximum Gasteiger partial charge on any atom is 0.336 e. The van der Waals surface area contributed by atoms with Crippen molar-refractivity contribution in [1.82, 2.24) is 0 Å². The molecule has 29 heavy (non-hydrogen) atoms. The molecule has 0 spiro atoms. The molecule has 0 aromatic heterocycles. The maximum absolute atomic E-state index is 13.1. The molecular weight excluding hydrogens is 400 g/mol. The number of nitrogens with two attached hydrogens (primary N) is 1. The van der Waals surface area contributed by atoms with E-state index in [0.29, 0.717) is 4.90 Å². The Labute approximate surface area is 163 Å². The summed E-state index contributed by atoms with van der Waals surface area (Å²) in [7, 11) is -4.16. The number of sulfonamides is 1.